The molecule has 0 aliphatic carbocycles. The van der Waals surface area contributed by atoms with Crippen molar-refractivity contribution in [2.24, 2.45) is 0 Å². The lowest BCUT2D eigenvalue weighted by atomic mass is 10.3. The lowest BCUT2D eigenvalue weighted by molar-refractivity contribution is -0.119. The summed E-state index contributed by atoms with van der Waals surface area (Å²) in [5.74, 6) is -1.06. The molecule has 0 atom stereocenters. The summed E-state index contributed by atoms with van der Waals surface area (Å²) in [6.45, 7) is -0.387. The van der Waals surface area contributed by atoms with Gasteiger partial charge in [0.15, 0.2) is 6.61 Å². The topological polar surface area (TPSA) is 68.3 Å². The van der Waals surface area contributed by atoms with Crippen LogP contribution >= 0.6 is 27.5 Å². The number of carbonyl (C=O) groups excluding carboxylic acids is 2. The monoisotopic (exact) mass is 368 g/mol. The molecule has 1 aromatic heterocycles. The summed E-state index contributed by atoms with van der Waals surface area (Å²) in [5.41, 5.74) is 0.808. The molecule has 1 heterocycles. The molecular formula is C14H10BrClN2O3. The van der Waals surface area contributed by atoms with Crippen molar-refractivity contribution in [1.82, 2.24) is 4.98 Å². The first kappa shape index (κ1) is 15.5. The van der Waals surface area contributed by atoms with Crippen LogP contribution in [-0.4, -0.2) is 23.5 Å². The van der Waals surface area contributed by atoms with Crippen LogP contribution in [-0.2, 0) is 9.53 Å². The van der Waals surface area contributed by atoms with Crippen molar-refractivity contribution in [2.75, 3.05) is 11.9 Å². The number of nitrogens with zero attached hydrogens (tertiary/aromatic N) is 1. The molecule has 1 N–H and O–H groups in total. The van der Waals surface area contributed by atoms with Gasteiger partial charge in [-0.1, -0.05) is 11.6 Å². The Hall–Kier alpha value is -1.92. The first-order chi connectivity index (χ1) is 10.1. The minimum absolute atomic E-state index is 0.289. The molecular weight excluding hydrogens is 360 g/mol. The molecule has 2 aromatic rings. The summed E-state index contributed by atoms with van der Waals surface area (Å²) in [7, 11) is 0. The van der Waals surface area contributed by atoms with Crippen LogP contribution in [0.3, 0.4) is 0 Å². The molecule has 1 aromatic carbocycles. The summed E-state index contributed by atoms with van der Waals surface area (Å²) in [4.78, 5) is 27.1. The average Bonchev–Trinajstić information content (AvgIpc) is 2.49. The van der Waals surface area contributed by atoms with Crippen molar-refractivity contribution in [3.05, 3.63) is 57.8 Å². The van der Waals surface area contributed by atoms with Gasteiger partial charge in [-0.05, 0) is 46.3 Å². The van der Waals surface area contributed by atoms with Crippen LogP contribution in [0.15, 0.2) is 47.2 Å². The Morgan fingerprint density at radius 2 is 2.14 bits per heavy atom. The Bertz CT molecular complexity index is 665. The number of rotatable bonds is 4. The van der Waals surface area contributed by atoms with Gasteiger partial charge in [-0.15, -0.1) is 0 Å². The van der Waals surface area contributed by atoms with Crippen molar-refractivity contribution in [3.63, 3.8) is 0 Å². The quantitative estimate of drug-likeness (QED) is 0.840. The molecule has 0 fully saturated rings. The van der Waals surface area contributed by atoms with Gasteiger partial charge in [0.1, 0.15) is 0 Å². The van der Waals surface area contributed by atoms with Gasteiger partial charge in [-0.2, -0.15) is 0 Å². The first-order valence-electron chi connectivity index (χ1n) is 5.88. The molecule has 21 heavy (non-hydrogen) atoms. The second kappa shape index (κ2) is 7.19. The number of halogens is 2. The molecule has 0 unspecified atom stereocenters. The van der Waals surface area contributed by atoms with Gasteiger partial charge < -0.3 is 10.1 Å². The van der Waals surface area contributed by atoms with E-state index in [0.717, 1.165) is 4.47 Å². The minimum atomic E-state index is -0.605. The Balaban J connectivity index is 1.87. The van der Waals surface area contributed by atoms with Gasteiger partial charge in [0.05, 0.1) is 10.6 Å². The van der Waals surface area contributed by atoms with Gasteiger partial charge in [-0.3, -0.25) is 9.78 Å². The highest BCUT2D eigenvalue weighted by molar-refractivity contribution is 9.10. The van der Waals surface area contributed by atoms with Gasteiger partial charge in [0.2, 0.25) is 0 Å². The zero-order valence-corrected chi connectivity index (χ0v) is 13.0. The van der Waals surface area contributed by atoms with E-state index in [-0.39, 0.29) is 12.2 Å². The van der Waals surface area contributed by atoms with E-state index in [9.17, 15) is 9.59 Å². The molecule has 0 bridgehead atoms. The Morgan fingerprint density at radius 3 is 2.81 bits per heavy atom. The van der Waals surface area contributed by atoms with Crippen molar-refractivity contribution >= 4 is 45.1 Å². The van der Waals surface area contributed by atoms with Crippen molar-refractivity contribution in [3.8, 4) is 0 Å². The fourth-order valence-corrected chi connectivity index (χ4v) is 1.90. The number of aromatic nitrogens is 1. The maximum Gasteiger partial charge on any atom is 0.340 e. The average molecular weight is 370 g/mol. The summed E-state index contributed by atoms with van der Waals surface area (Å²) in [5, 5.41) is 3.05. The molecule has 0 radical (unpaired) electrons. The summed E-state index contributed by atoms with van der Waals surface area (Å²) < 4.78 is 5.61. The highest BCUT2D eigenvalue weighted by Crippen LogP contribution is 2.25. The smallest absolute Gasteiger partial charge is 0.340 e. The van der Waals surface area contributed by atoms with Crippen LogP contribution in [0, 0.1) is 0 Å². The number of benzene rings is 1. The third-order valence-corrected chi connectivity index (χ3v) is 3.67. The van der Waals surface area contributed by atoms with E-state index in [1.165, 1.54) is 6.20 Å². The second-order valence-corrected chi connectivity index (χ2v) is 5.26. The van der Waals surface area contributed by atoms with Crippen molar-refractivity contribution < 1.29 is 14.3 Å². The number of anilines is 1. The van der Waals surface area contributed by atoms with Crippen LogP contribution < -0.4 is 5.32 Å². The number of pyridine rings is 1. The molecule has 0 spiro atoms. The minimum Gasteiger partial charge on any atom is -0.452 e. The zero-order valence-electron chi connectivity index (χ0n) is 10.7. The molecule has 7 heteroatoms. The summed E-state index contributed by atoms with van der Waals surface area (Å²) in [6, 6.07) is 8.14. The van der Waals surface area contributed by atoms with E-state index in [1.54, 1.807) is 36.5 Å². The lowest BCUT2D eigenvalue weighted by Gasteiger charge is -2.07. The molecule has 108 valence electrons. The van der Waals surface area contributed by atoms with Crippen LogP contribution in [0.4, 0.5) is 5.69 Å². The van der Waals surface area contributed by atoms with E-state index < -0.39 is 11.9 Å². The van der Waals surface area contributed by atoms with Crippen molar-refractivity contribution in [1.29, 1.82) is 0 Å². The molecule has 0 aliphatic rings. The zero-order chi connectivity index (χ0) is 15.2. The predicted molar refractivity (Wildman–Crippen MR) is 82.3 cm³/mol. The fraction of sp³-hybridized carbons (Fsp3) is 0.0714. The van der Waals surface area contributed by atoms with Gasteiger partial charge in [0, 0.05) is 22.6 Å². The highest BCUT2D eigenvalue weighted by atomic mass is 79.9. The van der Waals surface area contributed by atoms with E-state index >= 15 is 0 Å². The Kier molecular flexibility index (Phi) is 5.30. The fourth-order valence-electron chi connectivity index (χ4n) is 1.47. The largest absolute Gasteiger partial charge is 0.452 e. The molecule has 0 saturated heterocycles. The standard InChI is InChI=1S/C14H10BrClN2O3/c15-11-4-3-10(6-12(11)16)18-13(19)8-21-14(20)9-2-1-5-17-7-9/h1-7H,8H2,(H,18,19). The molecule has 5 nitrogen and oxygen atoms in total. The van der Waals surface area contributed by atoms with Crippen LogP contribution in [0.2, 0.25) is 5.02 Å². The maximum absolute atomic E-state index is 11.7. The number of hydrogen-bond acceptors (Lipinski definition) is 4. The summed E-state index contributed by atoms with van der Waals surface area (Å²) in [6.07, 6.45) is 2.91. The number of hydrogen-bond donors (Lipinski definition) is 1. The van der Waals surface area contributed by atoms with Gasteiger partial charge in [0.25, 0.3) is 5.91 Å². The number of amides is 1. The highest BCUT2D eigenvalue weighted by Gasteiger charge is 2.10. The van der Waals surface area contributed by atoms with Crippen molar-refractivity contribution in [2.45, 2.75) is 0 Å². The number of carbonyl (C=O) groups is 2. The second-order valence-electron chi connectivity index (χ2n) is 3.99. The number of ether oxygens (including phenoxy) is 1. The predicted octanol–water partition coefficient (Wildman–Crippen LogP) is 3.29. The maximum atomic E-state index is 11.7. The van der Waals surface area contributed by atoms with E-state index in [4.69, 9.17) is 16.3 Å². The SMILES string of the molecule is O=C(COC(=O)c1cccnc1)Nc1ccc(Br)c(Cl)c1. The Labute approximate surface area is 134 Å². The van der Waals surface area contributed by atoms with E-state index in [2.05, 4.69) is 26.2 Å². The van der Waals surface area contributed by atoms with Gasteiger partial charge >= 0.3 is 5.97 Å². The van der Waals surface area contributed by atoms with Gasteiger partial charge in [-0.25, -0.2) is 4.79 Å². The number of esters is 1. The molecule has 1 amide bonds. The Morgan fingerprint density at radius 1 is 1.33 bits per heavy atom. The lowest BCUT2D eigenvalue weighted by Crippen LogP contribution is -2.20. The molecule has 0 aliphatic heterocycles. The van der Waals surface area contributed by atoms with Crippen LogP contribution in [0.1, 0.15) is 10.4 Å². The van der Waals surface area contributed by atoms with E-state index in [1.807, 2.05) is 0 Å². The summed E-state index contributed by atoms with van der Waals surface area (Å²) >= 11 is 9.17. The van der Waals surface area contributed by atoms with E-state index in [0.29, 0.717) is 10.7 Å². The molecule has 0 saturated carbocycles. The third kappa shape index (κ3) is 4.54. The number of nitrogens with one attached hydrogen (secondary N) is 1. The van der Waals surface area contributed by atoms with Crippen LogP contribution in [0.25, 0.3) is 0 Å². The third-order valence-electron chi connectivity index (χ3n) is 2.43. The normalized spacial score (nSPS) is 10.0. The molecule has 2 rings (SSSR count). The van der Waals surface area contributed by atoms with Crippen LogP contribution in [0.5, 0.6) is 0 Å². The first-order valence-corrected chi connectivity index (χ1v) is 7.05.